The summed E-state index contributed by atoms with van der Waals surface area (Å²) in [6.07, 6.45) is 3.72. The lowest BCUT2D eigenvalue weighted by Crippen LogP contribution is -2.20. The average Bonchev–Trinajstić information content (AvgIpc) is 2.70. The van der Waals surface area contributed by atoms with E-state index in [9.17, 15) is 5.11 Å². The number of phenolic OH excluding ortho intramolecular Hbond substituents is 1. The molecule has 4 nitrogen and oxygen atoms in total. The number of hydrogen-bond acceptors (Lipinski definition) is 2. The van der Waals surface area contributed by atoms with Crippen molar-refractivity contribution in [3.05, 3.63) is 95.3 Å². The highest BCUT2D eigenvalue weighted by Gasteiger charge is 2.27. The summed E-state index contributed by atoms with van der Waals surface area (Å²) >= 11 is 0. The number of nitrogens with one attached hydrogen (secondary N) is 3. The second-order valence-electron chi connectivity index (χ2n) is 6.85. The van der Waals surface area contributed by atoms with Gasteiger partial charge < -0.3 is 5.11 Å². The molecule has 134 valence electrons. The highest BCUT2D eigenvalue weighted by Crippen LogP contribution is 2.36. The number of phenols is 1. The maximum absolute atomic E-state index is 11.0. The van der Waals surface area contributed by atoms with Gasteiger partial charge in [-0.25, -0.2) is 9.97 Å². The number of aromatic amines is 2. The molecule has 27 heavy (non-hydrogen) atoms. The van der Waals surface area contributed by atoms with Gasteiger partial charge in [0.1, 0.15) is 6.04 Å². The number of hydrogen-bond donors (Lipinski definition) is 2. The van der Waals surface area contributed by atoms with E-state index in [1.807, 2.05) is 54.9 Å². The van der Waals surface area contributed by atoms with Crippen molar-refractivity contribution in [2.75, 3.05) is 5.32 Å². The fraction of sp³-hybridized carbons (Fsp3) is 0.130. The van der Waals surface area contributed by atoms with Crippen molar-refractivity contribution in [3.63, 3.8) is 0 Å². The zero-order valence-corrected chi connectivity index (χ0v) is 15.5. The third-order valence-corrected chi connectivity index (χ3v) is 4.91. The summed E-state index contributed by atoms with van der Waals surface area (Å²) in [5.74, 6) is 1.15. The monoisotopic (exact) mass is 357 g/mol. The third kappa shape index (κ3) is 3.34. The summed E-state index contributed by atoms with van der Waals surface area (Å²) in [7, 11) is 0. The first-order chi connectivity index (χ1) is 13.1. The molecule has 0 bridgehead atoms. The number of fused-ring (bicyclic) bond motifs is 1. The lowest BCUT2D eigenvalue weighted by Gasteiger charge is -2.19. The minimum Gasteiger partial charge on any atom is -0.502 e. The van der Waals surface area contributed by atoms with Gasteiger partial charge in [-0.3, -0.25) is 5.32 Å². The summed E-state index contributed by atoms with van der Waals surface area (Å²) in [4.78, 5) is 6.40. The predicted octanol–water partition coefficient (Wildman–Crippen LogP) is 3.99. The summed E-state index contributed by atoms with van der Waals surface area (Å²) < 4.78 is 0. The number of aromatic nitrogens is 2. The largest absolute Gasteiger partial charge is 0.502 e. The fourth-order valence-electron chi connectivity index (χ4n) is 3.46. The first-order valence-electron chi connectivity index (χ1n) is 9.06. The van der Waals surface area contributed by atoms with Crippen molar-refractivity contribution in [3.8, 4) is 5.75 Å². The second-order valence-corrected chi connectivity index (χ2v) is 6.85. The molecule has 0 saturated heterocycles. The van der Waals surface area contributed by atoms with Crippen LogP contribution in [0.25, 0.3) is 10.9 Å². The molecule has 1 atom stereocenters. The van der Waals surface area contributed by atoms with Gasteiger partial charge in [-0.1, -0.05) is 29.8 Å². The van der Waals surface area contributed by atoms with Crippen molar-refractivity contribution in [2.45, 2.75) is 19.9 Å². The summed E-state index contributed by atoms with van der Waals surface area (Å²) in [6.45, 7) is 4.19. The van der Waals surface area contributed by atoms with Crippen LogP contribution in [0.5, 0.6) is 5.75 Å². The fourth-order valence-corrected chi connectivity index (χ4v) is 3.46. The Morgan fingerprint density at radius 2 is 1.70 bits per heavy atom. The molecule has 0 radical (unpaired) electrons. The van der Waals surface area contributed by atoms with Crippen LogP contribution in [0.2, 0.25) is 0 Å². The average molecular weight is 357 g/mol. The number of benzene rings is 2. The van der Waals surface area contributed by atoms with Crippen LogP contribution in [0, 0.1) is 13.8 Å². The quantitative estimate of drug-likeness (QED) is 0.580. The van der Waals surface area contributed by atoms with Gasteiger partial charge in [0, 0.05) is 23.3 Å². The van der Waals surface area contributed by atoms with E-state index in [4.69, 9.17) is 0 Å². The molecule has 0 spiro atoms. The van der Waals surface area contributed by atoms with E-state index in [2.05, 4.69) is 47.3 Å². The van der Waals surface area contributed by atoms with E-state index in [0.29, 0.717) is 0 Å². The molecule has 2 heterocycles. The molecule has 0 aliphatic heterocycles. The molecular formula is C23H23N3O+2. The molecule has 0 amide bonds. The molecular weight excluding hydrogens is 334 g/mol. The zero-order chi connectivity index (χ0) is 18.8. The number of aromatic hydroxyl groups is 1. The third-order valence-electron chi connectivity index (χ3n) is 4.91. The van der Waals surface area contributed by atoms with Crippen LogP contribution in [-0.4, -0.2) is 5.11 Å². The minimum absolute atomic E-state index is 0.193. The van der Waals surface area contributed by atoms with Crippen LogP contribution in [0.1, 0.15) is 28.3 Å². The van der Waals surface area contributed by atoms with Gasteiger partial charge in [0.2, 0.25) is 0 Å². The van der Waals surface area contributed by atoms with E-state index < -0.39 is 0 Å². The molecule has 0 aliphatic rings. The van der Waals surface area contributed by atoms with Gasteiger partial charge in [0.05, 0.1) is 11.6 Å². The van der Waals surface area contributed by atoms with Crippen molar-refractivity contribution in [2.24, 2.45) is 0 Å². The molecule has 0 fully saturated rings. The molecule has 0 saturated carbocycles. The van der Waals surface area contributed by atoms with Crippen LogP contribution < -0.4 is 15.3 Å². The van der Waals surface area contributed by atoms with Gasteiger partial charge in [0.15, 0.2) is 11.9 Å². The molecule has 0 aliphatic carbocycles. The molecule has 2 aromatic heterocycles. The summed E-state index contributed by atoms with van der Waals surface area (Å²) in [5.41, 5.74) is 5.06. The highest BCUT2D eigenvalue weighted by molar-refractivity contribution is 5.83. The number of pyridine rings is 2. The SMILES string of the molecule is Cc1ccc(C)c(C(Nc2cccc[nH+]2)c2ccc3ccc[nH+]c3c2O)c1. The number of H-pyrrole nitrogens is 2. The van der Waals surface area contributed by atoms with Gasteiger partial charge in [0.25, 0.3) is 11.3 Å². The van der Waals surface area contributed by atoms with Crippen LogP contribution in [-0.2, 0) is 0 Å². The Labute approximate surface area is 158 Å². The van der Waals surface area contributed by atoms with E-state index in [-0.39, 0.29) is 11.8 Å². The van der Waals surface area contributed by atoms with E-state index in [1.54, 1.807) is 0 Å². The zero-order valence-electron chi connectivity index (χ0n) is 15.5. The Bertz CT molecular complexity index is 1090. The Balaban J connectivity index is 1.90. The van der Waals surface area contributed by atoms with E-state index >= 15 is 0 Å². The van der Waals surface area contributed by atoms with Crippen LogP contribution in [0.15, 0.2) is 73.1 Å². The first-order valence-corrected chi connectivity index (χ1v) is 9.06. The number of rotatable bonds is 4. The topological polar surface area (TPSA) is 60.5 Å². The number of anilines is 1. The van der Waals surface area contributed by atoms with Crippen LogP contribution in [0.3, 0.4) is 0 Å². The predicted molar refractivity (Wildman–Crippen MR) is 107 cm³/mol. The maximum atomic E-state index is 11.0. The smallest absolute Gasteiger partial charge is 0.272 e. The summed E-state index contributed by atoms with van der Waals surface area (Å²) in [5, 5.41) is 15.6. The van der Waals surface area contributed by atoms with Gasteiger partial charge in [-0.05, 0) is 43.7 Å². The Morgan fingerprint density at radius 1 is 0.852 bits per heavy atom. The van der Waals surface area contributed by atoms with Crippen molar-refractivity contribution in [1.82, 2.24) is 0 Å². The standard InChI is InChI=1S/C23H21N3O/c1-15-8-9-16(2)19(14-15)22(26-20-7-3-4-12-24-20)18-11-10-17-6-5-13-25-21(17)23(18)27/h3-14,22,27H,1-2H3,(H,24,26)/p+2. The Hall–Kier alpha value is -3.40. The van der Waals surface area contributed by atoms with Gasteiger partial charge in [-0.2, -0.15) is 0 Å². The number of aryl methyl sites for hydroxylation is 2. The van der Waals surface area contributed by atoms with Crippen LogP contribution >= 0.6 is 0 Å². The lowest BCUT2D eigenvalue weighted by atomic mass is 9.92. The van der Waals surface area contributed by atoms with Crippen LogP contribution in [0.4, 0.5) is 5.82 Å². The van der Waals surface area contributed by atoms with Crippen molar-refractivity contribution < 1.29 is 15.1 Å². The van der Waals surface area contributed by atoms with E-state index in [0.717, 1.165) is 27.8 Å². The molecule has 4 aromatic rings. The Kier molecular flexibility index (Phi) is 4.47. The van der Waals surface area contributed by atoms with Gasteiger partial charge in [-0.15, -0.1) is 0 Å². The van der Waals surface area contributed by atoms with Gasteiger partial charge >= 0.3 is 0 Å². The lowest BCUT2D eigenvalue weighted by molar-refractivity contribution is -0.361. The second kappa shape index (κ2) is 7.08. The first kappa shape index (κ1) is 17.0. The normalized spacial score (nSPS) is 12.1. The highest BCUT2D eigenvalue weighted by atomic mass is 16.3. The molecule has 2 aromatic carbocycles. The van der Waals surface area contributed by atoms with Crippen molar-refractivity contribution >= 4 is 16.7 Å². The molecule has 4 N–H and O–H groups in total. The van der Waals surface area contributed by atoms with E-state index in [1.165, 1.54) is 11.1 Å². The van der Waals surface area contributed by atoms with Crippen molar-refractivity contribution in [1.29, 1.82) is 0 Å². The molecule has 1 unspecified atom stereocenters. The summed E-state index contributed by atoms with van der Waals surface area (Å²) in [6, 6.07) is 20.1. The maximum Gasteiger partial charge on any atom is 0.272 e. The Morgan fingerprint density at radius 3 is 2.52 bits per heavy atom. The molecule has 4 rings (SSSR count). The minimum atomic E-state index is -0.193. The molecule has 4 heteroatoms.